The average Bonchev–Trinajstić information content (AvgIpc) is 1.57. The predicted octanol–water partition coefficient (Wildman–Crippen LogP) is 5.84. The van der Waals surface area contributed by atoms with E-state index in [2.05, 4.69) is 47.4 Å². The highest BCUT2D eigenvalue weighted by atomic mass is 35.5. The lowest BCUT2D eigenvalue weighted by Gasteiger charge is -2.42. The number of anilines is 1. The van der Waals surface area contributed by atoms with Crippen molar-refractivity contribution in [2.75, 3.05) is 109 Å². The lowest BCUT2D eigenvalue weighted by atomic mass is 9.83. The number of Topliss-reactive ketones (excluding diaryl/α,β-unsaturated/α-hetero) is 1. The number of hydrogen-bond donors (Lipinski definition) is 13. The van der Waals surface area contributed by atoms with E-state index >= 15 is 19.2 Å². The predicted molar refractivity (Wildman–Crippen MR) is 525 cm³/mol. The molecule has 10 rings (SSSR count). The van der Waals surface area contributed by atoms with Crippen LogP contribution in [0.2, 0.25) is 5.02 Å². The van der Waals surface area contributed by atoms with Crippen LogP contribution in [0.5, 0.6) is 5.75 Å². The van der Waals surface area contributed by atoms with E-state index in [0.29, 0.717) is 80.2 Å². The van der Waals surface area contributed by atoms with E-state index in [9.17, 15) is 58.8 Å². The van der Waals surface area contributed by atoms with E-state index in [1.807, 2.05) is 67.3 Å². The van der Waals surface area contributed by atoms with Gasteiger partial charge in [0, 0.05) is 121 Å². The molecule has 4 aromatic rings. The molecule has 18 atom stereocenters. The lowest BCUT2D eigenvalue weighted by molar-refractivity contribution is -0.161. The van der Waals surface area contributed by atoms with Gasteiger partial charge in [-0.1, -0.05) is 177 Å². The summed E-state index contributed by atoms with van der Waals surface area (Å²) in [6.07, 6.45) is 2.54. The van der Waals surface area contributed by atoms with Gasteiger partial charge in [-0.15, -0.1) is 0 Å². The highest BCUT2D eigenvalue weighted by Crippen LogP contribution is 2.50. The van der Waals surface area contributed by atoms with Gasteiger partial charge in [-0.25, -0.2) is 9.59 Å². The number of allylic oxidation sites excluding steroid dienone is 4. The number of carbonyl (C=O) groups excluding carboxylic acids is 12. The van der Waals surface area contributed by atoms with Crippen LogP contribution in [0.15, 0.2) is 127 Å². The SMILES string of the molecule is COc1cc2cc(c1Cl)N(C)C(=O)CCC[C@H](OC(=O)[C@H](C)N(C)C(=O)CCSSCCCN1CCN(CC(=O)N[C@H](Cc3ccccc3)C(=O)N[C@H]3CSSC[C@@H](C(=O)N[C@H](CO)[C@@H](C)O)NC(=O)[C@H]([C@@H](C)O)NC(=O)[C@H](CCCCN)NC(=O)[C@@H](CC4=CCc5ccccc54)NC(=O)[C@H](Cc4ccccc4)CC3=O)CC1)[C@]1(C)O[C@H]1[C@H](C)[C@@H]1C[C@@](O)(NC(=O)O1)[C@H](OC)/C=C/C=C(\C)C2. The molecule has 6 aliphatic rings. The zero-order chi connectivity index (χ0) is 98.5. The number of halogens is 1. The van der Waals surface area contributed by atoms with Gasteiger partial charge in [0.25, 0.3) is 0 Å². The highest BCUT2D eigenvalue weighted by Gasteiger charge is 2.64. The van der Waals surface area contributed by atoms with E-state index in [1.54, 1.807) is 112 Å². The van der Waals surface area contributed by atoms with Crippen LogP contribution >= 0.6 is 54.8 Å². The van der Waals surface area contributed by atoms with Gasteiger partial charge in [-0.3, -0.25) is 58.2 Å². The molecule has 136 heavy (non-hydrogen) atoms. The number of fused-ring (bicyclic) bond motifs is 6. The van der Waals surface area contributed by atoms with Crippen molar-refractivity contribution in [3.63, 3.8) is 0 Å². The van der Waals surface area contributed by atoms with Gasteiger partial charge in [-0.05, 0) is 151 Å². The molecule has 5 heterocycles. The van der Waals surface area contributed by atoms with Crippen LogP contribution in [0.3, 0.4) is 0 Å². The Bertz CT molecular complexity index is 4870. The van der Waals surface area contributed by atoms with E-state index in [0.717, 1.165) is 68.1 Å². The Morgan fingerprint density at radius 1 is 0.809 bits per heavy atom. The molecule has 4 bridgehead atoms. The van der Waals surface area contributed by atoms with Crippen LogP contribution in [0.1, 0.15) is 140 Å². The molecule has 4 fully saturated rings. The van der Waals surface area contributed by atoms with Crippen LogP contribution in [-0.4, -0.2) is 306 Å². The minimum Gasteiger partial charge on any atom is -0.495 e. The summed E-state index contributed by atoms with van der Waals surface area (Å²) < 4.78 is 30.0. The number of hydrogen-bond acceptors (Lipinski definition) is 28. The van der Waals surface area contributed by atoms with Gasteiger partial charge >= 0.3 is 12.1 Å². The summed E-state index contributed by atoms with van der Waals surface area (Å²) >= 11 is 6.85. The number of nitrogens with two attached hydrogens (primary N) is 1. The Morgan fingerprint density at radius 3 is 2.18 bits per heavy atom. The number of benzene rings is 4. The molecule has 0 spiro atoms. The number of piperazine rings is 1. The number of unbranched alkanes of at least 4 members (excludes halogenated alkanes) is 1. The van der Waals surface area contributed by atoms with Crippen molar-refractivity contribution in [1.82, 2.24) is 57.2 Å². The Kier molecular flexibility index (Phi) is 42.2. The molecule has 5 aliphatic heterocycles. The van der Waals surface area contributed by atoms with Gasteiger partial charge in [0.05, 0.1) is 56.3 Å². The normalized spacial score (nSPS) is 26.7. The number of ketones is 1. The average molecular weight is 1980 g/mol. The number of likely N-dealkylation sites (N-methyl/N-ethyl adjacent to an activating group) is 1. The second-order valence-corrected chi connectivity index (χ2v) is 41.6. The van der Waals surface area contributed by atoms with E-state index in [4.69, 9.17) is 41.0 Å². The molecule has 1 aliphatic carbocycles. The van der Waals surface area contributed by atoms with E-state index in [1.165, 1.54) is 48.7 Å². The molecule has 4 aromatic carbocycles. The van der Waals surface area contributed by atoms with Crippen molar-refractivity contribution < 1.29 is 102 Å². The summed E-state index contributed by atoms with van der Waals surface area (Å²) in [6.45, 7) is 12.3. The van der Waals surface area contributed by atoms with Gasteiger partial charge in [0.15, 0.2) is 11.5 Å². The van der Waals surface area contributed by atoms with Crippen LogP contribution < -0.4 is 57.9 Å². The molecular formula is C97H134ClN13O21S4. The van der Waals surface area contributed by atoms with Crippen LogP contribution in [0.25, 0.3) is 5.57 Å². The van der Waals surface area contributed by atoms with E-state index < -0.39 is 180 Å². The van der Waals surface area contributed by atoms with Crippen molar-refractivity contribution in [2.24, 2.45) is 17.6 Å². The third-order valence-corrected chi connectivity index (χ3v) is 31.0. The first-order valence-corrected chi connectivity index (χ1v) is 51.8. The summed E-state index contributed by atoms with van der Waals surface area (Å²) in [5.74, 6) is -7.85. The van der Waals surface area contributed by atoms with Gasteiger partial charge in [0.2, 0.25) is 53.2 Å². The Balaban J connectivity index is 0.757. The molecule has 744 valence electrons. The third kappa shape index (κ3) is 31.2. The van der Waals surface area contributed by atoms with Crippen molar-refractivity contribution >= 4 is 137 Å². The monoisotopic (exact) mass is 1980 g/mol. The molecular weight excluding hydrogens is 1850 g/mol. The topological polar surface area (TPSA) is 470 Å². The minimum absolute atomic E-state index is 0.00145. The van der Waals surface area contributed by atoms with Crippen molar-refractivity contribution in [2.45, 2.75) is 234 Å². The summed E-state index contributed by atoms with van der Waals surface area (Å²) in [5, 5.41) is 66.2. The number of methoxy groups -OCH3 is 2. The zero-order valence-corrected chi connectivity index (χ0v) is 83.0. The number of rotatable bonds is 33. The van der Waals surface area contributed by atoms with Crippen LogP contribution in [-0.2, 0) is 97.4 Å². The Hall–Kier alpha value is -9.13. The number of amides is 10. The first kappa shape index (κ1) is 109. The quantitative estimate of drug-likeness (QED) is 0.0115. The molecule has 0 aromatic heterocycles. The van der Waals surface area contributed by atoms with Crippen molar-refractivity contribution in [3.05, 3.63) is 160 Å². The molecule has 34 nitrogen and oxygen atoms in total. The Morgan fingerprint density at radius 2 is 1.49 bits per heavy atom. The zero-order valence-electron chi connectivity index (χ0n) is 79.0. The standard InChI is InChI=1S/C97H134ClN13O21S4/c1-58-24-21-33-81(129-10)97(127)53-79(130-95(126)107-97)59(2)87-96(6,132-87)80(32-22-34-83(117)109(8)76-49-65(46-58)50-78(128-9)85(76)98)131-94(125)60(3)108(7)84(118)37-45-134-133-44-23-39-110-40-42-111(43-41-110)54-82(116)100-71(48-64-27-15-12-16-28-64)90(121)104-74-56-135-136-57-75(92(123)103-73(55-112)61(4)113)105-93(124)86(62(5)114)106-89(120)70(31-19-20-38-99)101-91(122)72(51-67-36-35-66-29-17-18-30-69(66)67)102-88(119)68(52-77(74)115)47-63-25-13-11-14-26-63/h11-18,21,24-30,33,36,49-50,59-62,68,70-75,79-81,86-87,112-114,127H,19-20,22-23,31-32,34-35,37-48,51-57,99H2,1-10H3,(H,100,116)(H,101,122)(H,102,119)(H,103,123)(H,104,121)(H,105,124)(H,106,120)(H,107,126)/b33-21+,58-24+/t59-,60+,61-,62-,68-,70+,71-,72-,73-,74+,75+,79+,80+,81-,86+,87+,96+,97+/m1/s1. The number of nitrogens with one attached hydrogen (secondary N) is 8. The highest BCUT2D eigenvalue weighted by molar-refractivity contribution is 8.77. The number of esters is 1. The summed E-state index contributed by atoms with van der Waals surface area (Å²) in [4.78, 5) is 181. The molecule has 0 radical (unpaired) electrons. The first-order valence-electron chi connectivity index (χ1n) is 46.5. The maximum absolute atomic E-state index is 15.5. The second kappa shape index (κ2) is 52.8. The molecule has 14 N–H and O–H groups in total. The number of aliphatic hydroxyl groups excluding tert-OH is 3. The minimum atomic E-state index is -1.89. The van der Waals surface area contributed by atoms with Gasteiger partial charge in [0.1, 0.15) is 70.9 Å². The number of aliphatic hydroxyl groups is 4. The van der Waals surface area contributed by atoms with Crippen molar-refractivity contribution in [1.29, 1.82) is 0 Å². The van der Waals surface area contributed by atoms with E-state index in [-0.39, 0.29) is 99.2 Å². The molecule has 39 heteroatoms. The second-order valence-electron chi connectivity index (χ2n) is 36.0. The maximum atomic E-state index is 15.5. The third-order valence-electron chi connectivity index (χ3n) is 25.7. The molecule has 4 saturated heterocycles. The molecule has 0 saturated carbocycles. The number of alkyl carbamates (subject to hydrolysis) is 1. The van der Waals surface area contributed by atoms with Crippen LogP contribution in [0, 0.1) is 11.8 Å². The molecule has 10 amide bonds. The fourth-order valence-electron chi connectivity index (χ4n) is 17.3. The lowest BCUT2D eigenvalue weighted by Crippen LogP contribution is -2.63. The number of epoxide rings is 1. The first-order chi connectivity index (χ1) is 65.0. The summed E-state index contributed by atoms with van der Waals surface area (Å²) in [7, 11) is 11.3. The smallest absolute Gasteiger partial charge is 0.409 e. The number of nitrogens with zero attached hydrogens (tertiary/aromatic N) is 4. The maximum Gasteiger partial charge on any atom is 0.409 e. The van der Waals surface area contributed by atoms with Crippen LogP contribution in [0.4, 0.5) is 10.5 Å². The fourth-order valence-corrected chi connectivity index (χ4v) is 22.1. The largest absolute Gasteiger partial charge is 0.495 e. The summed E-state index contributed by atoms with van der Waals surface area (Å²) in [5.41, 5.74) is 8.96. The fraction of sp³-hybridized carbons (Fsp3) is 0.567. The Labute approximate surface area is 816 Å². The number of ether oxygens (including phenoxy) is 5. The number of carbonyl (C=O) groups is 12. The van der Waals surface area contributed by atoms with Crippen molar-refractivity contribution in [3.8, 4) is 5.75 Å². The van der Waals surface area contributed by atoms with Gasteiger partial charge < -0.3 is 102 Å². The molecule has 0 unspecified atom stereocenters. The summed E-state index contributed by atoms with van der Waals surface area (Å²) in [6, 6.07) is 18.4. The van der Waals surface area contributed by atoms with Gasteiger partial charge in [-0.2, -0.15) is 0 Å².